The van der Waals surface area contributed by atoms with Gasteiger partial charge < -0.3 is 9.73 Å². The summed E-state index contributed by atoms with van der Waals surface area (Å²) in [5, 5.41) is 3.56. The third-order valence-corrected chi connectivity index (χ3v) is 8.75. The van der Waals surface area contributed by atoms with Crippen molar-refractivity contribution in [2.24, 2.45) is 0 Å². The molecule has 214 valence electrons. The number of anilines is 1. The summed E-state index contributed by atoms with van der Waals surface area (Å²) in [6, 6.07) is 16.9. The number of pyridine rings is 2. The largest absolute Gasteiger partial charge is 0.455 e. The minimum Gasteiger partial charge on any atom is -0.455 e. The Balaban J connectivity index is 1.55. The van der Waals surface area contributed by atoms with Gasteiger partial charge in [-0.2, -0.15) is 0 Å². The zero-order valence-electron chi connectivity index (χ0n) is 23.2. The second-order valence-electron chi connectivity index (χ2n) is 10.1. The molecule has 0 radical (unpaired) electrons. The van der Waals surface area contributed by atoms with Crippen LogP contribution < -0.4 is 9.62 Å². The molecule has 0 atom stereocenters. The van der Waals surface area contributed by atoms with Gasteiger partial charge in [0, 0.05) is 54.5 Å². The van der Waals surface area contributed by atoms with Gasteiger partial charge in [-0.3, -0.25) is 18.5 Å². The topological polar surface area (TPSA) is 123 Å². The van der Waals surface area contributed by atoms with Crippen LogP contribution in [0, 0.1) is 5.82 Å². The van der Waals surface area contributed by atoms with Crippen molar-refractivity contribution in [2.75, 3.05) is 24.7 Å². The van der Waals surface area contributed by atoms with E-state index in [1.165, 1.54) is 20.2 Å². The fourth-order valence-corrected chi connectivity index (χ4v) is 5.87. The van der Waals surface area contributed by atoms with Crippen molar-refractivity contribution in [1.82, 2.24) is 24.7 Å². The highest BCUT2D eigenvalue weighted by Crippen LogP contribution is 2.41. The summed E-state index contributed by atoms with van der Waals surface area (Å²) in [4.78, 5) is 26.8. The molecule has 0 spiro atoms. The minimum absolute atomic E-state index is 0.276. The van der Waals surface area contributed by atoms with Crippen LogP contribution in [-0.4, -0.2) is 54.0 Å². The van der Waals surface area contributed by atoms with Crippen LogP contribution in [0.5, 0.6) is 0 Å². The van der Waals surface area contributed by atoms with Gasteiger partial charge in [0.05, 0.1) is 39.8 Å². The van der Waals surface area contributed by atoms with E-state index < -0.39 is 10.0 Å². The molecular weight excluding hydrogens is 571 g/mol. The lowest BCUT2D eigenvalue weighted by molar-refractivity contribution is 0.0964. The molecule has 10 nitrogen and oxygen atoms in total. The second kappa shape index (κ2) is 9.60. The Morgan fingerprint density at radius 2 is 1.88 bits per heavy atom. The number of fused-ring (bicyclic) bond motifs is 6. The molecule has 2 aromatic carbocycles. The van der Waals surface area contributed by atoms with E-state index >= 15 is 0 Å². The summed E-state index contributed by atoms with van der Waals surface area (Å²) in [5.74, 6) is -0.446. The molecule has 5 heterocycles. The zero-order chi connectivity index (χ0) is 30.0. The lowest BCUT2D eigenvalue weighted by atomic mass is 10.0. The molecule has 12 heteroatoms. The van der Waals surface area contributed by atoms with Crippen LogP contribution in [0.2, 0.25) is 0 Å². The lowest BCUT2D eigenvalue weighted by Crippen LogP contribution is -2.25. The maximum atomic E-state index is 14.7. The summed E-state index contributed by atoms with van der Waals surface area (Å²) >= 11 is 0. The van der Waals surface area contributed by atoms with E-state index in [9.17, 15) is 17.6 Å². The maximum absolute atomic E-state index is 14.7. The Morgan fingerprint density at radius 3 is 2.63 bits per heavy atom. The molecule has 1 amide bonds. The summed E-state index contributed by atoms with van der Waals surface area (Å²) in [6.45, 7) is 0. The zero-order valence-corrected chi connectivity index (χ0v) is 24.0. The third-order valence-electron chi connectivity index (χ3n) is 7.56. The molecule has 0 aliphatic rings. The molecule has 43 heavy (non-hydrogen) atoms. The average Bonchev–Trinajstić information content (AvgIpc) is 3.59. The quantitative estimate of drug-likeness (QED) is 0.283. The Morgan fingerprint density at radius 1 is 1.05 bits per heavy atom. The Bertz CT molecular complexity index is 2370. The molecule has 0 saturated carbocycles. The van der Waals surface area contributed by atoms with Gasteiger partial charge in [-0.15, -0.1) is 0 Å². The smallest absolute Gasteiger partial charge is 0.255 e. The van der Waals surface area contributed by atoms with E-state index in [0.717, 1.165) is 10.6 Å². The molecule has 1 N–H and O–H groups in total. The van der Waals surface area contributed by atoms with Crippen molar-refractivity contribution < 1.29 is 22.0 Å². The molecule has 7 rings (SSSR count). The Hall–Kier alpha value is -5.36. The summed E-state index contributed by atoms with van der Waals surface area (Å²) < 4.78 is 49.3. The van der Waals surface area contributed by atoms with Crippen LogP contribution >= 0.6 is 0 Å². The van der Waals surface area contributed by atoms with Gasteiger partial charge >= 0.3 is 0 Å². The number of carbonyl (C=O) groups is 1. The molecule has 0 aliphatic carbocycles. The lowest BCUT2D eigenvalue weighted by Gasteiger charge is -2.20. The number of halogens is 1. The molecular formula is C31H23FN6O4S. The maximum Gasteiger partial charge on any atom is 0.255 e. The number of aromatic nitrogens is 4. The number of furan rings is 1. The summed E-state index contributed by atoms with van der Waals surface area (Å²) in [5.41, 5.74) is 4.69. The fourth-order valence-electron chi connectivity index (χ4n) is 5.36. The first-order valence-corrected chi connectivity index (χ1v) is 15.0. The highest BCUT2D eigenvalue weighted by molar-refractivity contribution is 7.92. The van der Waals surface area contributed by atoms with Crippen molar-refractivity contribution in [3.05, 3.63) is 90.8 Å². The van der Waals surface area contributed by atoms with Crippen LogP contribution in [0.25, 0.3) is 61.0 Å². The average molecular weight is 595 g/mol. The monoisotopic (exact) mass is 594 g/mol. The predicted molar refractivity (Wildman–Crippen MR) is 163 cm³/mol. The molecule has 0 aliphatic heterocycles. The number of sulfonamides is 1. The summed E-state index contributed by atoms with van der Waals surface area (Å²) in [7, 11) is -0.754. The van der Waals surface area contributed by atoms with E-state index in [1.807, 2.05) is 0 Å². The van der Waals surface area contributed by atoms with Crippen molar-refractivity contribution in [2.45, 2.75) is 0 Å². The van der Waals surface area contributed by atoms with Crippen molar-refractivity contribution >= 4 is 60.0 Å². The molecule has 0 unspecified atom stereocenters. The van der Waals surface area contributed by atoms with E-state index in [1.54, 1.807) is 77.7 Å². The van der Waals surface area contributed by atoms with Crippen LogP contribution in [-0.2, 0) is 10.0 Å². The highest BCUT2D eigenvalue weighted by Gasteiger charge is 2.26. The number of carbonyl (C=O) groups excluding carboxylic acids is 1. The second-order valence-corrected chi connectivity index (χ2v) is 12.1. The molecule has 7 aromatic rings. The van der Waals surface area contributed by atoms with E-state index in [2.05, 4.69) is 15.3 Å². The minimum atomic E-state index is -3.71. The first kappa shape index (κ1) is 26.5. The van der Waals surface area contributed by atoms with Crippen molar-refractivity contribution in [3.63, 3.8) is 0 Å². The number of benzene rings is 2. The van der Waals surface area contributed by atoms with Crippen LogP contribution in [0.15, 0.2) is 83.8 Å². The van der Waals surface area contributed by atoms with Gasteiger partial charge in [0.2, 0.25) is 10.0 Å². The molecule has 5 aromatic heterocycles. The van der Waals surface area contributed by atoms with Gasteiger partial charge in [-0.05, 0) is 48.5 Å². The predicted octanol–water partition coefficient (Wildman–Crippen LogP) is 5.41. The van der Waals surface area contributed by atoms with Gasteiger partial charge in [0.1, 0.15) is 29.0 Å². The van der Waals surface area contributed by atoms with Gasteiger partial charge in [0.15, 0.2) is 0 Å². The SMILES string of the molecule is CNC(=O)c1c(-c2cccnc2)oc2cc(N(C)S(C)(=O)=O)c(-c3ccc4ncn5c6cccc(F)c6cc5c4n3)cc12. The first-order chi connectivity index (χ1) is 20.7. The van der Waals surface area contributed by atoms with E-state index in [4.69, 9.17) is 9.40 Å². The van der Waals surface area contributed by atoms with Gasteiger partial charge in [0.25, 0.3) is 5.91 Å². The normalized spacial score (nSPS) is 12.0. The van der Waals surface area contributed by atoms with E-state index in [0.29, 0.717) is 66.7 Å². The van der Waals surface area contributed by atoms with Crippen molar-refractivity contribution in [1.29, 1.82) is 0 Å². The highest BCUT2D eigenvalue weighted by atomic mass is 32.2. The van der Waals surface area contributed by atoms with Gasteiger partial charge in [-0.1, -0.05) is 6.07 Å². The van der Waals surface area contributed by atoms with Crippen molar-refractivity contribution in [3.8, 4) is 22.6 Å². The number of nitrogens with zero attached hydrogens (tertiary/aromatic N) is 5. The van der Waals surface area contributed by atoms with Crippen LogP contribution in [0.3, 0.4) is 0 Å². The number of hydrogen-bond acceptors (Lipinski definition) is 7. The standard InChI is InChI=1S/C31H23FN6O4S/c1-33-31(39)28-20-12-19(25(37(2)43(3,40)41)14-27(20)42-30(28)17-6-5-11-34-15-17)22-9-10-23-29(36-22)26-13-18-21(32)7-4-8-24(18)38(26)16-35-23/h4-16H,1-3H3,(H,33,39). The van der Waals surface area contributed by atoms with Gasteiger partial charge in [-0.25, -0.2) is 22.8 Å². The van der Waals surface area contributed by atoms with Crippen LogP contribution in [0.4, 0.5) is 10.1 Å². The molecule has 0 bridgehead atoms. The van der Waals surface area contributed by atoms with Crippen LogP contribution in [0.1, 0.15) is 10.4 Å². The number of amides is 1. The number of rotatable bonds is 5. The summed E-state index contributed by atoms with van der Waals surface area (Å²) in [6.07, 6.45) is 5.92. The Labute approximate surface area is 244 Å². The third kappa shape index (κ3) is 4.17. The van der Waals surface area contributed by atoms with E-state index in [-0.39, 0.29) is 17.3 Å². The molecule has 0 saturated heterocycles. The Kier molecular flexibility index (Phi) is 5.92. The number of hydrogen-bond donors (Lipinski definition) is 1. The molecule has 0 fully saturated rings. The first-order valence-electron chi connectivity index (χ1n) is 13.2. The number of nitrogens with one attached hydrogen (secondary N) is 1. The fraction of sp³-hybridized carbons (Fsp3) is 0.0968.